The highest BCUT2D eigenvalue weighted by atomic mass is 16.2. The molecule has 0 atom stereocenters. The molecule has 168 valence electrons. The van der Waals surface area contributed by atoms with Gasteiger partial charge in [-0.2, -0.15) is 5.10 Å². The predicted molar refractivity (Wildman–Crippen MR) is 133 cm³/mol. The summed E-state index contributed by atoms with van der Waals surface area (Å²) in [7, 11) is 0. The van der Waals surface area contributed by atoms with Crippen molar-refractivity contribution in [2.45, 2.75) is 32.2 Å². The predicted octanol–water partition coefficient (Wildman–Crippen LogP) is 4.88. The number of benzene rings is 3. The number of rotatable bonds is 4. The summed E-state index contributed by atoms with van der Waals surface area (Å²) in [6.07, 6.45) is 1.78. The van der Waals surface area contributed by atoms with E-state index in [2.05, 4.69) is 27.5 Å². The Morgan fingerprint density at radius 3 is 2.41 bits per heavy atom. The van der Waals surface area contributed by atoms with E-state index in [1.165, 1.54) is 0 Å². The van der Waals surface area contributed by atoms with Crippen LogP contribution in [-0.2, 0) is 5.54 Å². The van der Waals surface area contributed by atoms with E-state index in [0.29, 0.717) is 16.8 Å². The van der Waals surface area contributed by atoms with E-state index in [9.17, 15) is 9.59 Å². The minimum absolute atomic E-state index is 0.256. The molecule has 0 aliphatic heterocycles. The summed E-state index contributed by atoms with van der Waals surface area (Å²) in [6.45, 7) is 3.69. The molecule has 34 heavy (non-hydrogen) atoms. The number of aromatic amines is 1. The third kappa shape index (κ3) is 3.14. The van der Waals surface area contributed by atoms with Crippen LogP contribution in [0.15, 0.2) is 77.6 Å². The number of hydrogen-bond donors (Lipinski definition) is 2. The monoisotopic (exact) mass is 448 g/mol. The molecule has 6 rings (SSSR count). The smallest absolute Gasteiger partial charge is 0.274 e. The van der Waals surface area contributed by atoms with Crippen molar-refractivity contribution in [3.05, 3.63) is 106 Å². The van der Waals surface area contributed by atoms with Crippen LogP contribution in [0.4, 0.5) is 0 Å². The zero-order valence-electron chi connectivity index (χ0n) is 19.1. The van der Waals surface area contributed by atoms with Gasteiger partial charge in [0.1, 0.15) is 5.52 Å². The van der Waals surface area contributed by atoms with Gasteiger partial charge in [-0.3, -0.25) is 9.59 Å². The second-order valence-corrected chi connectivity index (χ2v) is 9.11. The lowest BCUT2D eigenvalue weighted by molar-refractivity contribution is 0.0925. The first-order chi connectivity index (χ1) is 16.5. The van der Waals surface area contributed by atoms with Crippen molar-refractivity contribution in [2.75, 3.05) is 0 Å². The van der Waals surface area contributed by atoms with E-state index < -0.39 is 0 Å². The number of fused-ring (bicyclic) bond motifs is 2. The van der Waals surface area contributed by atoms with Crippen molar-refractivity contribution < 1.29 is 4.79 Å². The lowest BCUT2D eigenvalue weighted by Gasteiger charge is -2.17. The fraction of sp³-hybridized carbons (Fsp3) is 0.179. The molecule has 3 aromatic carbocycles. The van der Waals surface area contributed by atoms with Crippen LogP contribution in [0.5, 0.6) is 0 Å². The third-order valence-corrected chi connectivity index (χ3v) is 6.94. The molecule has 0 radical (unpaired) electrons. The highest BCUT2D eigenvalue weighted by molar-refractivity contribution is 5.96. The van der Waals surface area contributed by atoms with Crippen molar-refractivity contribution in [2.24, 2.45) is 0 Å². The van der Waals surface area contributed by atoms with Crippen LogP contribution < -0.4 is 10.9 Å². The maximum atomic E-state index is 13.3. The van der Waals surface area contributed by atoms with Crippen molar-refractivity contribution in [3.63, 3.8) is 0 Å². The molecule has 6 heteroatoms. The molecule has 0 saturated heterocycles. The number of aryl methyl sites for hydroxylation is 2. The van der Waals surface area contributed by atoms with Gasteiger partial charge in [0.2, 0.25) is 0 Å². The normalized spacial score (nSPS) is 14.4. The van der Waals surface area contributed by atoms with Crippen LogP contribution in [0, 0.1) is 13.8 Å². The average Bonchev–Trinajstić information content (AvgIpc) is 3.55. The van der Waals surface area contributed by atoms with Crippen LogP contribution in [-0.4, -0.2) is 20.5 Å². The van der Waals surface area contributed by atoms with E-state index in [-0.39, 0.29) is 22.7 Å². The molecule has 5 aromatic rings. The Kier molecular flexibility index (Phi) is 4.45. The standard InChI is InChI=1S/C28H24N4O2/c1-17-23(26(33)30-28(14-15-28)22-10-4-3-5-11-22)31-32-18(2)24(29-27(34)25(17)32)21-13-12-19-8-6-7-9-20(19)16-21/h3-13,16H,14-15H2,1-2H3,(H,29,34)(H,30,33). The summed E-state index contributed by atoms with van der Waals surface area (Å²) in [6, 6.07) is 24.2. The number of carbonyl (C=O) groups excluding carboxylic acids is 1. The molecule has 2 heterocycles. The van der Waals surface area contributed by atoms with Crippen LogP contribution in [0.25, 0.3) is 27.5 Å². The Balaban J connectivity index is 1.42. The number of aromatic nitrogens is 3. The first-order valence-electron chi connectivity index (χ1n) is 11.5. The Hall–Kier alpha value is -4.19. The van der Waals surface area contributed by atoms with E-state index in [1.54, 1.807) is 11.4 Å². The summed E-state index contributed by atoms with van der Waals surface area (Å²) in [5.74, 6) is -0.256. The topological polar surface area (TPSA) is 79.3 Å². The van der Waals surface area contributed by atoms with Gasteiger partial charge in [0.05, 0.1) is 16.9 Å². The van der Waals surface area contributed by atoms with E-state index in [4.69, 9.17) is 0 Å². The van der Waals surface area contributed by atoms with Crippen LogP contribution in [0.3, 0.4) is 0 Å². The third-order valence-electron chi connectivity index (χ3n) is 6.94. The largest absolute Gasteiger partial charge is 0.341 e. The van der Waals surface area contributed by atoms with Gasteiger partial charge >= 0.3 is 0 Å². The highest BCUT2D eigenvalue weighted by Gasteiger charge is 2.46. The van der Waals surface area contributed by atoms with Gasteiger partial charge < -0.3 is 10.3 Å². The van der Waals surface area contributed by atoms with Gasteiger partial charge in [-0.1, -0.05) is 66.7 Å². The summed E-state index contributed by atoms with van der Waals surface area (Å²) >= 11 is 0. The second-order valence-electron chi connectivity index (χ2n) is 9.11. The second kappa shape index (κ2) is 7.42. The molecule has 1 amide bonds. The van der Waals surface area contributed by atoms with Crippen LogP contribution >= 0.6 is 0 Å². The molecule has 6 nitrogen and oxygen atoms in total. The Morgan fingerprint density at radius 2 is 1.68 bits per heavy atom. The summed E-state index contributed by atoms with van der Waals surface area (Å²) in [5.41, 5.74) is 4.11. The van der Waals surface area contributed by atoms with Crippen molar-refractivity contribution in [1.82, 2.24) is 19.9 Å². The van der Waals surface area contributed by atoms with Crippen molar-refractivity contribution in [3.8, 4) is 11.3 Å². The Bertz CT molecular complexity index is 1640. The lowest BCUT2D eigenvalue weighted by Crippen LogP contribution is -2.35. The van der Waals surface area contributed by atoms with Gasteiger partial charge in [-0.25, -0.2) is 4.52 Å². The maximum absolute atomic E-state index is 13.3. The van der Waals surface area contributed by atoms with Gasteiger partial charge in [0, 0.05) is 11.1 Å². The molecular weight excluding hydrogens is 424 g/mol. The number of nitrogens with zero attached hydrogens (tertiary/aromatic N) is 2. The maximum Gasteiger partial charge on any atom is 0.274 e. The van der Waals surface area contributed by atoms with E-state index in [1.807, 2.05) is 67.6 Å². The number of hydrogen-bond acceptors (Lipinski definition) is 3. The molecule has 2 aromatic heterocycles. The van der Waals surface area contributed by atoms with E-state index in [0.717, 1.165) is 40.4 Å². The highest BCUT2D eigenvalue weighted by Crippen LogP contribution is 2.45. The fourth-order valence-electron chi connectivity index (χ4n) is 4.86. The number of carbonyl (C=O) groups is 1. The number of H-pyrrole nitrogens is 1. The first-order valence-corrected chi connectivity index (χ1v) is 11.5. The summed E-state index contributed by atoms with van der Waals surface area (Å²) < 4.78 is 1.61. The van der Waals surface area contributed by atoms with Crippen molar-refractivity contribution in [1.29, 1.82) is 0 Å². The summed E-state index contributed by atoms with van der Waals surface area (Å²) in [4.78, 5) is 29.4. The number of nitrogens with one attached hydrogen (secondary N) is 2. The van der Waals surface area contributed by atoms with Gasteiger partial charge in [0.25, 0.3) is 11.5 Å². The van der Waals surface area contributed by atoms with E-state index >= 15 is 0 Å². The SMILES string of the molecule is Cc1c(C(=O)NC2(c3ccccc3)CC2)nn2c(C)c(-c3ccc4ccccc4c3)[nH]c(=O)c12. The van der Waals surface area contributed by atoms with Crippen LogP contribution in [0.2, 0.25) is 0 Å². The molecule has 0 bridgehead atoms. The molecule has 1 aliphatic rings. The quantitative estimate of drug-likeness (QED) is 0.411. The van der Waals surface area contributed by atoms with Gasteiger partial charge in [0.15, 0.2) is 5.69 Å². The Morgan fingerprint density at radius 1 is 0.971 bits per heavy atom. The minimum atomic E-state index is -0.349. The fourth-order valence-corrected chi connectivity index (χ4v) is 4.86. The molecule has 0 unspecified atom stereocenters. The summed E-state index contributed by atoms with van der Waals surface area (Å²) in [5, 5.41) is 10.0. The average molecular weight is 449 g/mol. The van der Waals surface area contributed by atoms with Gasteiger partial charge in [-0.15, -0.1) is 0 Å². The number of amides is 1. The van der Waals surface area contributed by atoms with Gasteiger partial charge in [-0.05, 0) is 49.1 Å². The molecule has 1 fully saturated rings. The first kappa shape index (κ1) is 20.4. The zero-order valence-corrected chi connectivity index (χ0v) is 19.1. The van der Waals surface area contributed by atoms with Crippen LogP contribution in [0.1, 0.15) is 40.2 Å². The van der Waals surface area contributed by atoms with Crippen molar-refractivity contribution >= 4 is 22.2 Å². The molecule has 1 aliphatic carbocycles. The molecule has 1 saturated carbocycles. The molecular formula is C28H24N4O2. The molecule has 0 spiro atoms. The Labute approximate surface area is 196 Å². The molecule has 2 N–H and O–H groups in total. The minimum Gasteiger partial charge on any atom is -0.341 e. The zero-order chi connectivity index (χ0) is 23.4. The lowest BCUT2D eigenvalue weighted by atomic mass is 10.0.